The number of nitrogens with one attached hydrogen (secondary N) is 4. The summed E-state index contributed by atoms with van der Waals surface area (Å²) in [7, 11) is 3.40. The molecule has 0 aromatic heterocycles. The van der Waals surface area contributed by atoms with Crippen molar-refractivity contribution in [1.29, 1.82) is 0 Å². The van der Waals surface area contributed by atoms with E-state index in [0.717, 1.165) is 80.9 Å². The molecule has 0 aliphatic rings. The van der Waals surface area contributed by atoms with E-state index in [0.29, 0.717) is 11.8 Å². The summed E-state index contributed by atoms with van der Waals surface area (Å²) < 4.78 is 10.4. The van der Waals surface area contributed by atoms with E-state index in [4.69, 9.17) is 9.47 Å². The van der Waals surface area contributed by atoms with Gasteiger partial charge in [-0.3, -0.25) is 0 Å². The average Bonchev–Trinajstić information content (AvgIpc) is 0.998. The Morgan fingerprint density at radius 2 is 0.625 bits per heavy atom. The van der Waals surface area contributed by atoms with Crippen molar-refractivity contribution < 1.29 is 9.47 Å². The SMILES string of the molecule is C=CCCC(CCC/C=C/c1ccccc1)CNc1ccc(OC)cc1.C=CCCC(CCC/C=C/c1ccccc1)CNc1ccc(SC)cc1.CCCCC(CCCCCc1ccccc1)CNc1ccc(OC)cc1.CCCCC(CCCCCc1ccccc1)CNc1ccc(SC)cc1. The van der Waals surface area contributed by atoms with Gasteiger partial charge in [0.15, 0.2) is 0 Å². The van der Waals surface area contributed by atoms with Crippen molar-refractivity contribution in [3.63, 3.8) is 0 Å². The van der Waals surface area contributed by atoms with Crippen molar-refractivity contribution in [2.45, 2.75) is 191 Å². The number of aryl methyl sites for hydroxylation is 2. The van der Waals surface area contributed by atoms with Crippen molar-refractivity contribution in [1.82, 2.24) is 0 Å². The second kappa shape index (κ2) is 58.5. The fourth-order valence-corrected chi connectivity index (χ4v) is 13.6. The van der Waals surface area contributed by atoms with E-state index < -0.39 is 0 Å². The van der Waals surface area contributed by atoms with Crippen LogP contribution in [0.2, 0.25) is 0 Å². The predicted octanol–water partition coefficient (Wildman–Crippen LogP) is 28.0. The molecule has 6 nitrogen and oxygen atoms in total. The summed E-state index contributed by atoms with van der Waals surface area (Å²) in [6.07, 6.45) is 50.2. The van der Waals surface area contributed by atoms with Crippen LogP contribution in [-0.4, -0.2) is 52.9 Å². The monoisotopic (exact) mass is 1440 g/mol. The van der Waals surface area contributed by atoms with Gasteiger partial charge in [0.25, 0.3) is 0 Å². The number of hydrogen-bond acceptors (Lipinski definition) is 8. The molecule has 0 spiro atoms. The number of hydrogen-bond donors (Lipinski definition) is 4. The maximum absolute atomic E-state index is 5.23. The molecule has 8 aromatic rings. The molecule has 0 radical (unpaired) electrons. The summed E-state index contributed by atoms with van der Waals surface area (Å²) in [5, 5.41) is 14.5. The van der Waals surface area contributed by atoms with E-state index in [1.165, 1.54) is 190 Å². The van der Waals surface area contributed by atoms with Gasteiger partial charge in [-0.05, 0) is 271 Å². The third kappa shape index (κ3) is 41.6. The molecule has 4 N–H and O–H groups in total. The number of allylic oxidation sites excluding steroid dienone is 4. The third-order valence-electron chi connectivity index (χ3n) is 19.3. The van der Waals surface area contributed by atoms with Crippen LogP contribution < -0.4 is 30.7 Å². The zero-order valence-corrected chi connectivity index (χ0v) is 66.5. The highest BCUT2D eigenvalue weighted by Crippen LogP contribution is 2.26. The van der Waals surface area contributed by atoms with Crippen LogP contribution in [-0.2, 0) is 12.8 Å². The van der Waals surface area contributed by atoms with Gasteiger partial charge in [-0.1, -0.05) is 223 Å². The van der Waals surface area contributed by atoms with Gasteiger partial charge in [-0.25, -0.2) is 0 Å². The molecule has 8 aromatic carbocycles. The van der Waals surface area contributed by atoms with Crippen molar-refractivity contribution in [2.75, 3.05) is 74.2 Å². The first-order valence-electron chi connectivity index (χ1n) is 39.5. The number of anilines is 4. The smallest absolute Gasteiger partial charge is 0.119 e. The Balaban J connectivity index is 0.000000249. The molecule has 0 fully saturated rings. The van der Waals surface area contributed by atoms with Gasteiger partial charge in [0.05, 0.1) is 14.2 Å². The summed E-state index contributed by atoms with van der Waals surface area (Å²) >= 11 is 3.58. The number of methoxy groups -OCH3 is 2. The number of ether oxygens (including phenoxy) is 2. The Kier molecular flexibility index (Phi) is 48.8. The van der Waals surface area contributed by atoms with E-state index in [1.54, 1.807) is 37.7 Å². The second-order valence-electron chi connectivity index (χ2n) is 27.6. The minimum atomic E-state index is 0.667. The molecule has 0 aliphatic heterocycles. The Bertz CT molecular complexity index is 3140. The van der Waals surface area contributed by atoms with E-state index in [-0.39, 0.29) is 0 Å². The summed E-state index contributed by atoms with van der Waals surface area (Å²) in [5.41, 5.74) is 10.3. The Hall–Kier alpha value is -7.78. The second-order valence-corrected chi connectivity index (χ2v) is 29.3. The number of thioether (sulfide) groups is 2. The Labute approximate surface area is 641 Å². The molecule has 0 bridgehead atoms. The number of rotatable bonds is 50. The lowest BCUT2D eigenvalue weighted by Gasteiger charge is -2.18. The van der Waals surface area contributed by atoms with Crippen LogP contribution in [0.1, 0.15) is 190 Å². The number of benzene rings is 8. The quantitative estimate of drug-likeness (QED) is 0.0171. The van der Waals surface area contributed by atoms with Crippen molar-refractivity contribution in [3.05, 3.63) is 278 Å². The molecule has 0 heterocycles. The van der Waals surface area contributed by atoms with Crippen molar-refractivity contribution in [2.24, 2.45) is 23.7 Å². The van der Waals surface area contributed by atoms with E-state index in [9.17, 15) is 0 Å². The Morgan fingerprint density at radius 3 is 0.933 bits per heavy atom. The van der Waals surface area contributed by atoms with Crippen molar-refractivity contribution >= 4 is 58.4 Å². The molecular weight excluding hydrogens is 1310 g/mol. The minimum absolute atomic E-state index is 0.667. The standard InChI is InChI=1S/C24H35NO.C24H31NO.C24H35NS.C24H31NS/c4*1-3-4-11-22(20-25-23-16-18-24(26-2)19-17-23)15-10-6-9-14-21-12-7-5-8-13-21/h5,7-8,12-13,16-19,22,25H,3-4,6,9-11,14-15,20H2,1-2H3;3,5,7-9,12-14,16-19,22,25H,1,4,6,10-11,15,20H2,2H3;5,7-8,12-13,16-19,22,25H,3-4,6,9-11,14-15,20H2,1-2H3;3,5,7-9,12-14,16-19,22,25H,1,4,6,10-11,15,20H2,2H3/b;14-9+;;14-9+. The third-order valence-corrected chi connectivity index (χ3v) is 20.7. The average molecular weight is 1440 g/mol. The largest absolute Gasteiger partial charge is 0.497 e. The minimum Gasteiger partial charge on any atom is -0.497 e. The maximum atomic E-state index is 5.23. The molecule has 4 unspecified atom stereocenters. The molecule has 4 atom stereocenters. The van der Waals surface area contributed by atoms with Crippen LogP contribution >= 0.6 is 23.5 Å². The van der Waals surface area contributed by atoms with Crippen molar-refractivity contribution in [3.8, 4) is 11.5 Å². The highest BCUT2D eigenvalue weighted by atomic mass is 32.2. The van der Waals surface area contributed by atoms with E-state index in [2.05, 4.69) is 279 Å². The molecule has 8 rings (SSSR count). The highest BCUT2D eigenvalue weighted by molar-refractivity contribution is 7.98. The molecular formula is C96H132N4O2S2. The first-order chi connectivity index (χ1) is 51.3. The molecule has 0 saturated carbocycles. The predicted molar refractivity (Wildman–Crippen MR) is 464 cm³/mol. The van der Waals surface area contributed by atoms with Gasteiger partial charge >= 0.3 is 0 Å². The fraction of sp³-hybridized carbons (Fsp3) is 0.417. The zero-order valence-electron chi connectivity index (χ0n) is 64.8. The highest BCUT2D eigenvalue weighted by Gasteiger charge is 2.13. The molecule has 8 heteroatoms. The summed E-state index contributed by atoms with van der Waals surface area (Å²) in [6.45, 7) is 16.6. The van der Waals surface area contributed by atoms with Crippen LogP contribution in [0.3, 0.4) is 0 Å². The van der Waals surface area contributed by atoms with Crippen LogP contribution in [0.5, 0.6) is 11.5 Å². The molecule has 0 aliphatic carbocycles. The molecule has 560 valence electrons. The maximum Gasteiger partial charge on any atom is 0.119 e. The molecule has 104 heavy (non-hydrogen) atoms. The van der Waals surface area contributed by atoms with Gasteiger partial charge in [0, 0.05) is 58.7 Å². The normalized spacial score (nSPS) is 12.1. The van der Waals surface area contributed by atoms with Gasteiger partial charge in [-0.2, -0.15) is 0 Å². The van der Waals surface area contributed by atoms with Crippen LogP contribution in [0.25, 0.3) is 12.2 Å². The lowest BCUT2D eigenvalue weighted by atomic mass is 9.94. The summed E-state index contributed by atoms with van der Waals surface area (Å²) in [5.74, 6) is 4.74. The topological polar surface area (TPSA) is 66.6 Å². The lowest BCUT2D eigenvalue weighted by molar-refractivity contribution is 0.414. The Morgan fingerprint density at radius 1 is 0.327 bits per heavy atom. The fourth-order valence-electron chi connectivity index (χ4n) is 12.8. The number of unbranched alkanes of at least 4 members (excludes halogenated alkanes) is 8. The molecule has 0 amide bonds. The lowest BCUT2D eigenvalue weighted by Crippen LogP contribution is -2.14. The van der Waals surface area contributed by atoms with Gasteiger partial charge in [0.2, 0.25) is 0 Å². The van der Waals surface area contributed by atoms with Gasteiger partial charge < -0.3 is 30.7 Å². The molecule has 0 saturated heterocycles. The van der Waals surface area contributed by atoms with E-state index in [1.807, 2.05) is 36.4 Å². The first-order valence-corrected chi connectivity index (χ1v) is 42.0. The first kappa shape index (κ1) is 86.9. The van der Waals surface area contributed by atoms with Crippen LogP contribution in [0, 0.1) is 23.7 Å². The summed E-state index contributed by atoms with van der Waals surface area (Å²) in [4.78, 5) is 2.64. The van der Waals surface area contributed by atoms with E-state index >= 15 is 0 Å². The summed E-state index contributed by atoms with van der Waals surface area (Å²) in [6, 6.07) is 76.7. The van der Waals surface area contributed by atoms with Crippen LogP contribution in [0.15, 0.2) is 266 Å². The zero-order chi connectivity index (χ0) is 73.8. The van der Waals surface area contributed by atoms with Gasteiger partial charge in [0.1, 0.15) is 11.5 Å². The van der Waals surface area contributed by atoms with Crippen LogP contribution in [0.4, 0.5) is 22.7 Å². The van der Waals surface area contributed by atoms with Gasteiger partial charge in [-0.15, -0.1) is 36.7 Å².